The van der Waals surface area contributed by atoms with Crippen LogP contribution in [0.4, 0.5) is 18.9 Å². The van der Waals surface area contributed by atoms with E-state index < -0.39 is 12.6 Å². The molecule has 0 bridgehead atoms. The number of fused-ring (bicyclic) bond motifs is 1. The van der Waals surface area contributed by atoms with Gasteiger partial charge in [-0.1, -0.05) is 19.8 Å². The molecule has 0 aromatic heterocycles. The predicted octanol–water partition coefficient (Wildman–Crippen LogP) is 4.57. The summed E-state index contributed by atoms with van der Waals surface area (Å²) in [6.45, 7) is 4.33. The minimum atomic E-state index is -4.26. The standard InChI is InChI=1S/C26H38F3N3O4/c1-17-14-32(12-11-26(27,28)29)18(2)16-36-22-10-9-20(30-24(33)19-7-5-6-8-19)13-21(22)25(34)31(3)15-23(17)35-4/h9-10,13,17-19,23H,5-8,11-12,14-16H2,1-4H3,(H,30,33)/t17-,18-,23+/m0/s1. The van der Waals surface area contributed by atoms with E-state index in [2.05, 4.69) is 5.32 Å². The molecular formula is C26H38F3N3O4. The first-order valence-corrected chi connectivity index (χ1v) is 12.6. The number of nitrogens with one attached hydrogen (secondary N) is 1. The van der Waals surface area contributed by atoms with Crippen molar-refractivity contribution >= 4 is 17.5 Å². The number of alkyl halides is 3. The van der Waals surface area contributed by atoms with Gasteiger partial charge in [0.25, 0.3) is 5.91 Å². The second-order valence-electron chi connectivity index (χ2n) is 10.1. The number of carbonyl (C=O) groups excluding carboxylic acids is 2. The van der Waals surface area contributed by atoms with Gasteiger partial charge in [0.2, 0.25) is 5.91 Å². The van der Waals surface area contributed by atoms with Crippen molar-refractivity contribution in [3.63, 3.8) is 0 Å². The molecule has 202 valence electrons. The highest BCUT2D eigenvalue weighted by Gasteiger charge is 2.32. The Kier molecular flexibility index (Phi) is 9.63. The summed E-state index contributed by atoms with van der Waals surface area (Å²) in [6.07, 6.45) is -1.74. The Hall–Kier alpha value is -2.33. The predicted molar refractivity (Wildman–Crippen MR) is 131 cm³/mol. The van der Waals surface area contributed by atoms with Gasteiger partial charge < -0.3 is 19.7 Å². The molecule has 2 aliphatic rings. The van der Waals surface area contributed by atoms with E-state index in [4.69, 9.17) is 9.47 Å². The molecule has 1 aromatic rings. The fraction of sp³-hybridized carbons (Fsp3) is 0.692. The molecule has 10 heteroatoms. The van der Waals surface area contributed by atoms with Gasteiger partial charge in [0.15, 0.2) is 0 Å². The normalized spacial score (nSPS) is 25.0. The molecule has 1 fully saturated rings. The van der Waals surface area contributed by atoms with Crippen LogP contribution in [0.1, 0.15) is 56.3 Å². The molecule has 3 atom stereocenters. The average molecular weight is 514 g/mol. The van der Waals surface area contributed by atoms with Crippen molar-refractivity contribution in [2.24, 2.45) is 11.8 Å². The first kappa shape index (κ1) is 28.2. The van der Waals surface area contributed by atoms with E-state index in [9.17, 15) is 22.8 Å². The van der Waals surface area contributed by atoms with Gasteiger partial charge in [-0.2, -0.15) is 13.2 Å². The molecule has 1 heterocycles. The summed E-state index contributed by atoms with van der Waals surface area (Å²) in [5, 5.41) is 2.92. The Balaban J connectivity index is 1.87. The van der Waals surface area contributed by atoms with Crippen LogP contribution in [0.25, 0.3) is 0 Å². The van der Waals surface area contributed by atoms with Crippen LogP contribution in [0.15, 0.2) is 18.2 Å². The number of halogens is 3. The van der Waals surface area contributed by atoms with Crippen molar-refractivity contribution in [3.05, 3.63) is 23.8 Å². The molecule has 7 nitrogen and oxygen atoms in total. The highest BCUT2D eigenvalue weighted by Crippen LogP contribution is 2.29. The quantitative estimate of drug-likeness (QED) is 0.625. The Morgan fingerprint density at radius 3 is 2.53 bits per heavy atom. The molecule has 1 saturated carbocycles. The van der Waals surface area contributed by atoms with Crippen LogP contribution in [0.5, 0.6) is 5.75 Å². The second-order valence-corrected chi connectivity index (χ2v) is 10.1. The van der Waals surface area contributed by atoms with Crippen molar-refractivity contribution in [1.29, 1.82) is 0 Å². The lowest BCUT2D eigenvalue weighted by molar-refractivity contribution is -0.140. The van der Waals surface area contributed by atoms with Crippen molar-refractivity contribution in [3.8, 4) is 5.75 Å². The number of likely N-dealkylation sites (N-methyl/N-ethyl adjacent to an activating group) is 1. The van der Waals surface area contributed by atoms with Crippen molar-refractivity contribution in [2.75, 3.05) is 45.7 Å². The van der Waals surface area contributed by atoms with Crippen LogP contribution in [0, 0.1) is 11.8 Å². The molecule has 1 aromatic carbocycles. The molecule has 3 rings (SSSR count). The zero-order chi connectivity index (χ0) is 26.5. The number of benzene rings is 1. The van der Waals surface area contributed by atoms with E-state index >= 15 is 0 Å². The number of nitrogens with zero attached hydrogens (tertiary/aromatic N) is 2. The number of hydrogen-bond donors (Lipinski definition) is 1. The highest BCUT2D eigenvalue weighted by molar-refractivity contribution is 5.99. The smallest absolute Gasteiger partial charge is 0.390 e. The Labute approximate surface area is 211 Å². The number of methoxy groups -OCH3 is 1. The van der Waals surface area contributed by atoms with Crippen LogP contribution in [-0.4, -0.2) is 80.3 Å². The number of ether oxygens (including phenoxy) is 2. The molecule has 0 saturated heterocycles. The third-order valence-electron chi connectivity index (χ3n) is 7.25. The van der Waals surface area contributed by atoms with Crippen LogP contribution in [0.3, 0.4) is 0 Å². The fourth-order valence-corrected chi connectivity index (χ4v) is 4.94. The topological polar surface area (TPSA) is 71.1 Å². The molecule has 1 N–H and O–H groups in total. The van der Waals surface area contributed by atoms with Gasteiger partial charge in [0.05, 0.1) is 18.1 Å². The van der Waals surface area contributed by atoms with E-state index in [1.165, 1.54) is 4.90 Å². The summed E-state index contributed by atoms with van der Waals surface area (Å²) < 4.78 is 50.6. The molecule has 0 unspecified atom stereocenters. The summed E-state index contributed by atoms with van der Waals surface area (Å²) in [4.78, 5) is 29.3. The summed E-state index contributed by atoms with van der Waals surface area (Å²) >= 11 is 0. The minimum absolute atomic E-state index is 0.0203. The summed E-state index contributed by atoms with van der Waals surface area (Å²) in [7, 11) is 3.20. The van der Waals surface area contributed by atoms with Crippen molar-refractivity contribution in [2.45, 2.75) is 64.3 Å². The number of hydrogen-bond acceptors (Lipinski definition) is 5. The number of rotatable bonds is 5. The first-order chi connectivity index (χ1) is 17.0. The summed E-state index contributed by atoms with van der Waals surface area (Å²) in [5.74, 6) is -0.149. The first-order valence-electron chi connectivity index (χ1n) is 12.6. The lowest BCUT2D eigenvalue weighted by Crippen LogP contribution is -2.47. The Morgan fingerprint density at radius 2 is 1.89 bits per heavy atom. The second kappa shape index (κ2) is 12.3. The van der Waals surface area contributed by atoms with E-state index in [1.54, 1.807) is 37.3 Å². The molecule has 1 aliphatic heterocycles. The van der Waals surface area contributed by atoms with Crippen molar-refractivity contribution < 1.29 is 32.2 Å². The summed E-state index contributed by atoms with van der Waals surface area (Å²) in [6, 6.07) is 4.62. The highest BCUT2D eigenvalue weighted by atomic mass is 19.4. The maximum absolute atomic E-state index is 13.4. The third-order valence-corrected chi connectivity index (χ3v) is 7.25. The molecular weight excluding hydrogens is 475 g/mol. The van der Waals surface area contributed by atoms with E-state index in [-0.39, 0.29) is 55.5 Å². The van der Waals surface area contributed by atoms with Crippen LogP contribution < -0.4 is 10.1 Å². The van der Waals surface area contributed by atoms with Crippen LogP contribution in [-0.2, 0) is 9.53 Å². The van der Waals surface area contributed by atoms with Gasteiger partial charge in [0.1, 0.15) is 12.4 Å². The average Bonchev–Trinajstić information content (AvgIpc) is 3.37. The number of anilines is 1. The lowest BCUT2D eigenvalue weighted by Gasteiger charge is -2.36. The zero-order valence-electron chi connectivity index (χ0n) is 21.6. The largest absolute Gasteiger partial charge is 0.491 e. The number of carbonyl (C=O) groups is 2. The van der Waals surface area contributed by atoms with E-state index in [0.717, 1.165) is 25.7 Å². The molecule has 0 spiro atoms. The SMILES string of the molecule is CO[C@@H]1CN(C)C(=O)c2cc(NC(=O)C3CCCC3)ccc2OC[C@H](C)N(CCC(F)(F)F)C[C@@H]1C. The summed E-state index contributed by atoms with van der Waals surface area (Å²) in [5.41, 5.74) is 0.804. The lowest BCUT2D eigenvalue weighted by atomic mass is 10.0. The zero-order valence-corrected chi connectivity index (χ0v) is 21.6. The van der Waals surface area contributed by atoms with Crippen molar-refractivity contribution in [1.82, 2.24) is 9.80 Å². The van der Waals surface area contributed by atoms with Gasteiger partial charge in [-0.05, 0) is 43.9 Å². The number of amides is 2. The van der Waals surface area contributed by atoms with Gasteiger partial charge in [0, 0.05) is 51.4 Å². The maximum Gasteiger partial charge on any atom is 0.390 e. The third kappa shape index (κ3) is 7.59. The Morgan fingerprint density at radius 1 is 1.19 bits per heavy atom. The van der Waals surface area contributed by atoms with E-state index in [0.29, 0.717) is 23.5 Å². The monoisotopic (exact) mass is 513 g/mol. The fourth-order valence-electron chi connectivity index (χ4n) is 4.94. The van der Waals surface area contributed by atoms with E-state index in [1.807, 2.05) is 13.8 Å². The van der Waals surface area contributed by atoms with Crippen LogP contribution >= 0.6 is 0 Å². The molecule has 1 aliphatic carbocycles. The Bertz CT molecular complexity index is 905. The minimum Gasteiger partial charge on any atom is -0.491 e. The van der Waals surface area contributed by atoms with Crippen LogP contribution in [0.2, 0.25) is 0 Å². The van der Waals surface area contributed by atoms with Gasteiger partial charge >= 0.3 is 6.18 Å². The van der Waals surface area contributed by atoms with Gasteiger partial charge in [-0.25, -0.2) is 0 Å². The molecule has 2 amide bonds. The van der Waals surface area contributed by atoms with Gasteiger partial charge in [-0.3, -0.25) is 14.5 Å². The van der Waals surface area contributed by atoms with Gasteiger partial charge in [-0.15, -0.1) is 0 Å². The molecule has 36 heavy (non-hydrogen) atoms. The maximum atomic E-state index is 13.4. The molecule has 0 radical (unpaired) electrons.